The van der Waals surface area contributed by atoms with E-state index in [-0.39, 0.29) is 0 Å². The molecule has 0 spiro atoms. The highest BCUT2D eigenvalue weighted by Crippen LogP contribution is 2.46. The Labute approximate surface area is 322 Å². The molecule has 12 aromatic rings. The lowest BCUT2D eigenvalue weighted by Gasteiger charge is -2.19. The highest BCUT2D eigenvalue weighted by molar-refractivity contribution is 7.26. The third kappa shape index (κ3) is 4.70. The molecule has 0 bridgehead atoms. The maximum atomic E-state index is 2.39. The number of hydrogen-bond acceptors (Lipinski definition) is 1. The third-order valence-electron chi connectivity index (χ3n) is 11.8. The summed E-state index contributed by atoms with van der Waals surface area (Å²) in [7, 11) is 0. The molecule has 254 valence electrons. The first-order chi connectivity index (χ1) is 27.2. The molecule has 0 radical (unpaired) electrons. The highest BCUT2D eigenvalue weighted by atomic mass is 32.1. The zero-order chi connectivity index (χ0) is 36.0. The molecule has 0 unspecified atom stereocenters. The molecule has 55 heavy (non-hydrogen) atoms. The van der Waals surface area contributed by atoms with Gasteiger partial charge in [0.05, 0.1) is 0 Å². The van der Waals surface area contributed by atoms with Crippen LogP contribution in [0.4, 0.5) is 0 Å². The molecular weight excluding hydrogens is 681 g/mol. The summed E-state index contributed by atoms with van der Waals surface area (Å²) in [6, 6.07) is 72.3. The molecule has 0 nitrogen and oxygen atoms in total. The van der Waals surface area contributed by atoms with E-state index in [1.807, 2.05) is 11.3 Å². The van der Waals surface area contributed by atoms with Gasteiger partial charge >= 0.3 is 0 Å². The van der Waals surface area contributed by atoms with Crippen molar-refractivity contribution < 1.29 is 0 Å². The van der Waals surface area contributed by atoms with Crippen molar-refractivity contribution in [2.24, 2.45) is 0 Å². The fraction of sp³-hybridized carbons (Fsp3) is 0. The largest absolute Gasteiger partial charge is 0.135 e. The summed E-state index contributed by atoms with van der Waals surface area (Å²) in [6.07, 6.45) is 0. The van der Waals surface area contributed by atoms with Gasteiger partial charge in [0.25, 0.3) is 0 Å². The maximum Gasteiger partial charge on any atom is 0.0362 e. The second-order valence-corrected chi connectivity index (χ2v) is 15.9. The van der Waals surface area contributed by atoms with E-state index in [9.17, 15) is 0 Å². The van der Waals surface area contributed by atoms with Gasteiger partial charge < -0.3 is 0 Å². The van der Waals surface area contributed by atoms with Crippen LogP contribution in [0.15, 0.2) is 194 Å². The van der Waals surface area contributed by atoms with E-state index in [0.29, 0.717) is 0 Å². The Kier molecular flexibility index (Phi) is 6.60. The number of thiophene rings is 1. The van der Waals surface area contributed by atoms with E-state index in [0.717, 1.165) is 0 Å². The van der Waals surface area contributed by atoms with Gasteiger partial charge in [-0.05, 0) is 134 Å². The minimum absolute atomic E-state index is 1.24. The summed E-state index contributed by atoms with van der Waals surface area (Å²) in [4.78, 5) is 0. The first kappa shape index (κ1) is 30.6. The van der Waals surface area contributed by atoms with Crippen molar-refractivity contribution in [2.75, 3.05) is 0 Å². The molecule has 0 saturated carbocycles. The molecule has 1 aromatic heterocycles. The number of hydrogen-bond donors (Lipinski definition) is 0. The lowest BCUT2D eigenvalue weighted by Crippen LogP contribution is -1.91. The Morgan fingerprint density at radius 3 is 1.44 bits per heavy atom. The summed E-state index contributed by atoms with van der Waals surface area (Å²) in [5.41, 5.74) is 7.58. The quantitative estimate of drug-likeness (QED) is 0.160. The van der Waals surface area contributed by atoms with Crippen LogP contribution in [0.25, 0.3) is 118 Å². The Morgan fingerprint density at radius 2 is 0.745 bits per heavy atom. The average molecular weight is 713 g/mol. The van der Waals surface area contributed by atoms with Crippen molar-refractivity contribution in [2.45, 2.75) is 0 Å². The predicted molar refractivity (Wildman–Crippen MR) is 241 cm³/mol. The van der Waals surface area contributed by atoms with Crippen LogP contribution in [-0.2, 0) is 0 Å². The smallest absolute Gasteiger partial charge is 0.0362 e. The summed E-state index contributed by atoms with van der Waals surface area (Å²) in [5.74, 6) is 0. The molecule has 0 amide bonds. The monoisotopic (exact) mass is 712 g/mol. The van der Waals surface area contributed by atoms with Gasteiger partial charge in [-0.2, -0.15) is 0 Å². The van der Waals surface area contributed by atoms with Gasteiger partial charge in [-0.3, -0.25) is 0 Å². The van der Waals surface area contributed by atoms with Crippen LogP contribution in [0.5, 0.6) is 0 Å². The molecule has 0 fully saturated rings. The van der Waals surface area contributed by atoms with E-state index < -0.39 is 0 Å². The molecular formula is C54H32S. The summed E-state index contributed by atoms with van der Waals surface area (Å²) < 4.78 is 2.69. The SMILES string of the molecule is c1ccc2c(-c3c4ccccc4c(-c4ccc5cc(-c6ccc7cc8c(cc7c6)sc6ccc7ccccc7c68)ccc5c4)c4ccccc34)cccc2c1. The van der Waals surface area contributed by atoms with E-state index in [4.69, 9.17) is 0 Å². The molecule has 0 aliphatic carbocycles. The van der Waals surface area contributed by atoms with Crippen molar-refractivity contribution in [1.82, 2.24) is 0 Å². The van der Waals surface area contributed by atoms with Crippen molar-refractivity contribution in [1.29, 1.82) is 0 Å². The number of rotatable bonds is 3. The van der Waals surface area contributed by atoms with Crippen molar-refractivity contribution in [3.8, 4) is 33.4 Å². The summed E-state index contributed by atoms with van der Waals surface area (Å²) in [5, 5.41) is 18.0. The van der Waals surface area contributed by atoms with Gasteiger partial charge in [-0.1, -0.05) is 158 Å². The van der Waals surface area contributed by atoms with Crippen molar-refractivity contribution in [3.05, 3.63) is 194 Å². The highest BCUT2D eigenvalue weighted by Gasteiger charge is 2.18. The molecule has 1 heteroatoms. The predicted octanol–water partition coefficient (Wildman–Crippen LogP) is 16.0. The van der Waals surface area contributed by atoms with Crippen LogP contribution in [-0.4, -0.2) is 0 Å². The van der Waals surface area contributed by atoms with Crippen LogP contribution < -0.4 is 0 Å². The second kappa shape index (κ2) is 11.9. The van der Waals surface area contributed by atoms with E-state index in [1.165, 1.54) is 118 Å². The zero-order valence-electron chi connectivity index (χ0n) is 29.9. The Bertz CT molecular complexity index is 3490. The lowest BCUT2D eigenvalue weighted by atomic mass is 9.84. The fourth-order valence-corrected chi connectivity index (χ4v) is 10.4. The Hall–Kier alpha value is -6.80. The topological polar surface area (TPSA) is 0 Å². The first-order valence-corrected chi connectivity index (χ1v) is 19.8. The molecule has 11 aromatic carbocycles. The van der Waals surface area contributed by atoms with Crippen LogP contribution in [0.3, 0.4) is 0 Å². The van der Waals surface area contributed by atoms with Crippen LogP contribution in [0.2, 0.25) is 0 Å². The third-order valence-corrected chi connectivity index (χ3v) is 12.9. The normalized spacial score (nSPS) is 12.0. The lowest BCUT2D eigenvalue weighted by molar-refractivity contribution is 1.67. The molecule has 1 heterocycles. The molecule has 0 N–H and O–H groups in total. The van der Waals surface area contributed by atoms with E-state index in [1.54, 1.807) is 0 Å². The Balaban J connectivity index is 0.981. The fourth-order valence-electron chi connectivity index (χ4n) is 9.22. The van der Waals surface area contributed by atoms with Crippen LogP contribution in [0, 0.1) is 0 Å². The standard InChI is InChI=1S/C54H32S/c1-3-13-42-33(10-1)12-9-19-44(42)53-47-17-7-5-15-45(47)52(46-16-6-8-18-48(46)53)40-25-24-36-28-35(20-21-37(36)29-40)38-22-23-39-31-49-51(32-41(39)30-38)55-50-27-26-34-11-2-4-14-43(34)54(49)50/h1-32H. The van der Waals surface area contributed by atoms with Gasteiger partial charge in [-0.25, -0.2) is 0 Å². The molecule has 0 aliphatic rings. The summed E-state index contributed by atoms with van der Waals surface area (Å²) >= 11 is 1.90. The molecule has 0 saturated heterocycles. The summed E-state index contributed by atoms with van der Waals surface area (Å²) in [6.45, 7) is 0. The average Bonchev–Trinajstić information content (AvgIpc) is 3.62. The van der Waals surface area contributed by atoms with Crippen molar-refractivity contribution in [3.63, 3.8) is 0 Å². The maximum absolute atomic E-state index is 2.39. The van der Waals surface area contributed by atoms with Gasteiger partial charge in [-0.15, -0.1) is 11.3 Å². The molecule has 0 atom stereocenters. The van der Waals surface area contributed by atoms with Gasteiger partial charge in [0, 0.05) is 20.2 Å². The second-order valence-electron chi connectivity index (χ2n) is 14.8. The van der Waals surface area contributed by atoms with Gasteiger partial charge in [0.1, 0.15) is 0 Å². The van der Waals surface area contributed by atoms with E-state index >= 15 is 0 Å². The molecule has 12 rings (SSSR count). The van der Waals surface area contributed by atoms with Crippen LogP contribution in [0.1, 0.15) is 0 Å². The zero-order valence-corrected chi connectivity index (χ0v) is 30.7. The first-order valence-electron chi connectivity index (χ1n) is 19.0. The Morgan fingerprint density at radius 1 is 0.255 bits per heavy atom. The van der Waals surface area contributed by atoms with Gasteiger partial charge in [0.15, 0.2) is 0 Å². The van der Waals surface area contributed by atoms with E-state index in [2.05, 4.69) is 194 Å². The number of benzene rings is 11. The number of fused-ring (bicyclic) bond motifs is 10. The minimum atomic E-state index is 1.24. The van der Waals surface area contributed by atoms with Crippen LogP contribution >= 0.6 is 11.3 Å². The van der Waals surface area contributed by atoms with Gasteiger partial charge in [0.2, 0.25) is 0 Å². The minimum Gasteiger partial charge on any atom is -0.135 e. The van der Waals surface area contributed by atoms with Crippen molar-refractivity contribution >= 4 is 96.1 Å². The molecule has 0 aliphatic heterocycles.